The molecule has 1 heterocycles. The lowest BCUT2D eigenvalue weighted by atomic mass is 9.67. The van der Waals surface area contributed by atoms with E-state index in [4.69, 9.17) is 0 Å². The number of hydrogen-bond donors (Lipinski definition) is 0. The zero-order valence-corrected chi connectivity index (χ0v) is 27.3. The number of aromatic nitrogens is 1. The molecule has 0 amide bonds. The average Bonchev–Trinajstić information content (AvgIpc) is 3.19. The average molecular weight is 634 g/mol. The molecule has 7 aromatic carbocycles. The van der Waals surface area contributed by atoms with Gasteiger partial charge in [-0.1, -0.05) is 115 Å². The van der Waals surface area contributed by atoms with E-state index in [2.05, 4.69) is 163 Å². The molecule has 2 unspecified atom stereocenters. The largest absolute Gasteiger partial charge is 0.264 e. The lowest BCUT2D eigenvalue weighted by Gasteiger charge is -2.36. The first kappa shape index (κ1) is 27.6. The molecule has 2 atom stereocenters. The Bertz CT molecular complexity index is 2730. The number of hydrogen-bond acceptors (Lipinski definition) is 1. The van der Waals surface area contributed by atoms with Crippen molar-refractivity contribution in [2.24, 2.45) is 5.92 Å². The van der Waals surface area contributed by atoms with Gasteiger partial charge in [0.25, 0.3) is 0 Å². The smallest absolute Gasteiger partial charge is 0.0346 e. The molecular formula is C49H31N. The zero-order valence-electron chi connectivity index (χ0n) is 27.3. The van der Waals surface area contributed by atoms with Gasteiger partial charge in [0.05, 0.1) is 0 Å². The molecule has 0 radical (unpaired) electrons. The summed E-state index contributed by atoms with van der Waals surface area (Å²) in [5, 5.41) is 7.76. The molecule has 0 aliphatic heterocycles. The Kier molecular flexibility index (Phi) is 5.85. The summed E-state index contributed by atoms with van der Waals surface area (Å²) in [6.07, 6.45) is 18.1. The fourth-order valence-electron chi connectivity index (χ4n) is 8.82. The van der Waals surface area contributed by atoms with E-state index >= 15 is 0 Å². The monoisotopic (exact) mass is 633 g/mol. The molecule has 0 bridgehead atoms. The maximum Gasteiger partial charge on any atom is 0.0346 e. The van der Waals surface area contributed by atoms with Crippen LogP contribution in [0.4, 0.5) is 0 Å². The predicted molar refractivity (Wildman–Crippen MR) is 211 cm³/mol. The van der Waals surface area contributed by atoms with E-state index in [1.165, 1.54) is 93.5 Å². The molecule has 1 nitrogen and oxygen atoms in total. The summed E-state index contributed by atoms with van der Waals surface area (Å²) in [6, 6.07) is 47.2. The highest BCUT2D eigenvalue weighted by atomic mass is 14.6. The SMILES string of the molecule is C1=Cc2cc(-c3cccc(-c4cc5ccc6cc(-c7cccnc7)cc7ccc(c4)c5c67)c3)cc3c2C2C1=CC(c1ccccc1)=CC2C=C3. The molecule has 8 aromatic rings. The summed E-state index contributed by atoms with van der Waals surface area (Å²) in [7, 11) is 0. The van der Waals surface area contributed by atoms with E-state index in [0.717, 1.165) is 5.56 Å². The minimum absolute atomic E-state index is 0.370. The highest BCUT2D eigenvalue weighted by Crippen LogP contribution is 2.50. The van der Waals surface area contributed by atoms with Crippen LogP contribution < -0.4 is 0 Å². The molecule has 11 rings (SSSR count). The van der Waals surface area contributed by atoms with Gasteiger partial charge >= 0.3 is 0 Å². The van der Waals surface area contributed by atoms with Gasteiger partial charge in [0.15, 0.2) is 0 Å². The predicted octanol–water partition coefficient (Wildman–Crippen LogP) is 12.8. The summed E-state index contributed by atoms with van der Waals surface area (Å²) < 4.78 is 0. The summed E-state index contributed by atoms with van der Waals surface area (Å²) in [4.78, 5) is 4.35. The molecule has 1 aromatic heterocycles. The van der Waals surface area contributed by atoms with E-state index in [1.54, 1.807) is 0 Å². The van der Waals surface area contributed by atoms with Crippen molar-refractivity contribution in [1.82, 2.24) is 4.98 Å². The second-order valence-electron chi connectivity index (χ2n) is 14.0. The van der Waals surface area contributed by atoms with Gasteiger partial charge < -0.3 is 0 Å². The van der Waals surface area contributed by atoms with Crippen LogP contribution in [0, 0.1) is 5.92 Å². The quantitative estimate of drug-likeness (QED) is 0.176. The molecule has 0 N–H and O–H groups in total. The van der Waals surface area contributed by atoms with E-state index < -0.39 is 0 Å². The maximum atomic E-state index is 4.35. The second-order valence-corrected chi connectivity index (χ2v) is 14.0. The lowest BCUT2D eigenvalue weighted by Crippen LogP contribution is -2.21. The highest BCUT2D eigenvalue weighted by Gasteiger charge is 2.34. The Morgan fingerprint density at radius 3 is 1.72 bits per heavy atom. The first-order chi connectivity index (χ1) is 24.7. The zero-order chi connectivity index (χ0) is 32.8. The maximum absolute atomic E-state index is 4.35. The molecule has 0 spiro atoms. The van der Waals surface area contributed by atoms with Crippen LogP contribution >= 0.6 is 0 Å². The van der Waals surface area contributed by atoms with Gasteiger partial charge in [-0.25, -0.2) is 0 Å². The molecule has 0 fully saturated rings. The Hall–Kier alpha value is -6.31. The molecular weight excluding hydrogens is 603 g/mol. The van der Waals surface area contributed by atoms with Crippen LogP contribution in [0.5, 0.6) is 0 Å². The highest BCUT2D eigenvalue weighted by molar-refractivity contribution is 6.24. The van der Waals surface area contributed by atoms with Crippen molar-refractivity contribution < 1.29 is 0 Å². The van der Waals surface area contributed by atoms with Gasteiger partial charge in [0.2, 0.25) is 0 Å². The Labute approximate surface area is 291 Å². The number of benzene rings is 7. The van der Waals surface area contributed by atoms with Crippen molar-refractivity contribution in [2.45, 2.75) is 5.92 Å². The molecule has 0 saturated carbocycles. The van der Waals surface area contributed by atoms with Crippen LogP contribution in [0.25, 0.3) is 83.4 Å². The van der Waals surface area contributed by atoms with Gasteiger partial charge in [-0.15, -0.1) is 0 Å². The third kappa shape index (κ3) is 4.23. The Morgan fingerprint density at radius 2 is 1.06 bits per heavy atom. The fourth-order valence-corrected chi connectivity index (χ4v) is 8.82. The summed E-state index contributed by atoms with van der Waals surface area (Å²) >= 11 is 0. The summed E-state index contributed by atoms with van der Waals surface area (Å²) in [6.45, 7) is 0. The van der Waals surface area contributed by atoms with Crippen LogP contribution in [0.1, 0.15) is 28.2 Å². The lowest BCUT2D eigenvalue weighted by molar-refractivity contribution is 0.667. The van der Waals surface area contributed by atoms with Crippen molar-refractivity contribution in [3.8, 4) is 33.4 Å². The summed E-state index contributed by atoms with van der Waals surface area (Å²) in [5.74, 6) is 0.749. The van der Waals surface area contributed by atoms with Crippen molar-refractivity contribution >= 4 is 50.0 Å². The first-order valence-corrected chi connectivity index (χ1v) is 17.5. The van der Waals surface area contributed by atoms with E-state index in [-0.39, 0.29) is 0 Å². The van der Waals surface area contributed by atoms with Crippen LogP contribution in [-0.4, -0.2) is 4.98 Å². The third-order valence-electron chi connectivity index (χ3n) is 11.1. The van der Waals surface area contributed by atoms with Gasteiger partial charge in [-0.3, -0.25) is 4.98 Å². The van der Waals surface area contributed by atoms with Gasteiger partial charge in [-0.2, -0.15) is 0 Å². The number of rotatable bonds is 4. The third-order valence-corrected chi connectivity index (χ3v) is 11.1. The van der Waals surface area contributed by atoms with Crippen molar-refractivity contribution in [3.05, 3.63) is 192 Å². The number of allylic oxidation sites excluding steroid dienone is 6. The van der Waals surface area contributed by atoms with E-state index in [9.17, 15) is 0 Å². The Balaban J connectivity index is 0.971. The minimum Gasteiger partial charge on any atom is -0.264 e. The molecule has 3 aliphatic rings. The van der Waals surface area contributed by atoms with E-state index in [1.807, 2.05) is 18.5 Å². The van der Waals surface area contributed by atoms with Crippen molar-refractivity contribution in [3.63, 3.8) is 0 Å². The second kappa shape index (κ2) is 10.6. The minimum atomic E-state index is 0.370. The van der Waals surface area contributed by atoms with Crippen LogP contribution in [-0.2, 0) is 0 Å². The standard InChI is InChI=1S/C49H31N/c1-2-6-30(7-3-1)42-21-33-11-13-35-23-43(24-36-14-12-34(22-42)46(33)47(35)36)31-8-4-9-32(20-31)44-25-37-15-17-39-27-45(41-10-5-19-50-29-41)28-40-18-16-38(26-44)48(37)49(39)40/h1-29,33,46H. The first-order valence-electron chi connectivity index (χ1n) is 17.5. The molecule has 1 heteroatoms. The molecule has 0 saturated heterocycles. The van der Waals surface area contributed by atoms with Crippen LogP contribution in [0.3, 0.4) is 0 Å². The van der Waals surface area contributed by atoms with Crippen LogP contribution in [0.15, 0.2) is 170 Å². The van der Waals surface area contributed by atoms with Gasteiger partial charge in [-0.05, 0) is 142 Å². The van der Waals surface area contributed by atoms with Gasteiger partial charge in [0.1, 0.15) is 0 Å². The van der Waals surface area contributed by atoms with Crippen LogP contribution in [0.2, 0.25) is 0 Å². The van der Waals surface area contributed by atoms with Crippen molar-refractivity contribution in [2.75, 3.05) is 0 Å². The fraction of sp³-hybridized carbons (Fsp3) is 0.0408. The molecule has 232 valence electrons. The normalized spacial score (nSPS) is 17.3. The topological polar surface area (TPSA) is 12.9 Å². The molecule has 50 heavy (non-hydrogen) atoms. The summed E-state index contributed by atoms with van der Waals surface area (Å²) in [5.41, 5.74) is 15.5. The number of nitrogens with zero attached hydrogens (tertiary/aromatic N) is 1. The van der Waals surface area contributed by atoms with Crippen molar-refractivity contribution in [1.29, 1.82) is 0 Å². The van der Waals surface area contributed by atoms with Gasteiger partial charge in [0, 0.05) is 29.8 Å². The Morgan fingerprint density at radius 1 is 0.460 bits per heavy atom. The van der Waals surface area contributed by atoms with E-state index in [0.29, 0.717) is 11.8 Å². The molecule has 3 aliphatic carbocycles. The number of pyridine rings is 1.